The fraction of sp³-hybridized carbons (Fsp3) is 0.438. The molecule has 0 aliphatic carbocycles. The first kappa shape index (κ1) is 14.7. The molecule has 6 nitrogen and oxygen atoms in total. The first-order chi connectivity index (χ1) is 10.5. The molecule has 0 spiro atoms. The van der Waals surface area contributed by atoms with Crippen LogP contribution >= 0.6 is 0 Å². The molecule has 1 aromatic carbocycles. The second kappa shape index (κ2) is 5.53. The highest BCUT2D eigenvalue weighted by molar-refractivity contribution is 5.73. The van der Waals surface area contributed by atoms with Gasteiger partial charge in [-0.25, -0.2) is 0 Å². The summed E-state index contributed by atoms with van der Waals surface area (Å²) in [6, 6.07) is 5.72. The highest BCUT2D eigenvalue weighted by atomic mass is 16.4. The van der Waals surface area contributed by atoms with Gasteiger partial charge in [0.25, 0.3) is 0 Å². The molecular weight excluding hydrogens is 280 g/mol. The van der Waals surface area contributed by atoms with Crippen LogP contribution in [0.5, 0.6) is 0 Å². The lowest BCUT2D eigenvalue weighted by atomic mass is 10.0. The van der Waals surface area contributed by atoms with Crippen LogP contribution in [0.2, 0.25) is 0 Å². The van der Waals surface area contributed by atoms with E-state index in [4.69, 9.17) is 0 Å². The van der Waals surface area contributed by atoms with E-state index in [1.54, 1.807) is 0 Å². The standard InChI is InChI=1S/C16H20N4O2/c1-10-4-5-13(11(2)6-10)7-19-9-15-18-17-12(3)20(15)8-14(19)16(21)22/h4-6,14H,7-9H2,1-3H3,(H,21,22). The van der Waals surface area contributed by atoms with Gasteiger partial charge in [0.2, 0.25) is 0 Å². The Kier molecular flexibility index (Phi) is 3.70. The van der Waals surface area contributed by atoms with Gasteiger partial charge in [-0.1, -0.05) is 23.8 Å². The molecule has 1 aliphatic rings. The molecule has 6 heteroatoms. The second-order valence-electron chi connectivity index (χ2n) is 5.96. The van der Waals surface area contributed by atoms with Crippen LogP contribution in [0.15, 0.2) is 18.2 Å². The maximum absolute atomic E-state index is 11.6. The molecule has 0 bridgehead atoms. The average Bonchev–Trinajstić information content (AvgIpc) is 2.82. The van der Waals surface area contributed by atoms with Crippen molar-refractivity contribution >= 4 is 5.97 Å². The van der Waals surface area contributed by atoms with Crippen molar-refractivity contribution in [2.45, 2.75) is 46.4 Å². The number of aryl methyl sites for hydroxylation is 3. The van der Waals surface area contributed by atoms with E-state index >= 15 is 0 Å². The van der Waals surface area contributed by atoms with Crippen LogP contribution in [0.3, 0.4) is 0 Å². The summed E-state index contributed by atoms with van der Waals surface area (Å²) in [5, 5.41) is 17.8. The van der Waals surface area contributed by atoms with Crippen LogP contribution in [-0.2, 0) is 24.4 Å². The third-order valence-corrected chi connectivity index (χ3v) is 4.31. The van der Waals surface area contributed by atoms with Crippen LogP contribution < -0.4 is 0 Å². The lowest BCUT2D eigenvalue weighted by molar-refractivity contribution is -0.145. The number of carboxylic acid groups (broad SMARTS) is 1. The van der Waals surface area contributed by atoms with Gasteiger partial charge in [0.05, 0.1) is 13.1 Å². The molecule has 1 N–H and O–H groups in total. The maximum Gasteiger partial charge on any atom is 0.322 e. The molecule has 1 atom stereocenters. The first-order valence-electron chi connectivity index (χ1n) is 7.37. The molecule has 0 amide bonds. The fourth-order valence-electron chi connectivity index (χ4n) is 3.00. The molecule has 2 aromatic rings. The Labute approximate surface area is 129 Å². The molecule has 1 aliphatic heterocycles. The Hall–Kier alpha value is -2.21. The van der Waals surface area contributed by atoms with Crippen molar-refractivity contribution in [1.29, 1.82) is 0 Å². The molecule has 0 fully saturated rings. The molecule has 1 unspecified atom stereocenters. The third kappa shape index (κ3) is 2.62. The van der Waals surface area contributed by atoms with E-state index in [-0.39, 0.29) is 0 Å². The Balaban J connectivity index is 1.89. The van der Waals surface area contributed by atoms with Gasteiger partial charge in [-0.3, -0.25) is 9.69 Å². The van der Waals surface area contributed by atoms with Crippen molar-refractivity contribution in [3.8, 4) is 0 Å². The largest absolute Gasteiger partial charge is 0.480 e. The summed E-state index contributed by atoms with van der Waals surface area (Å²) in [4.78, 5) is 13.6. The molecule has 2 heterocycles. The Bertz CT molecular complexity index is 723. The predicted molar refractivity (Wildman–Crippen MR) is 81.3 cm³/mol. The van der Waals surface area contributed by atoms with Crippen LogP contribution in [0, 0.1) is 20.8 Å². The van der Waals surface area contributed by atoms with Gasteiger partial charge in [0.15, 0.2) is 0 Å². The summed E-state index contributed by atoms with van der Waals surface area (Å²) >= 11 is 0. The summed E-state index contributed by atoms with van der Waals surface area (Å²) in [5.74, 6) is 0.802. The van der Waals surface area contributed by atoms with Crippen LogP contribution in [0.4, 0.5) is 0 Å². The minimum atomic E-state index is -0.802. The van der Waals surface area contributed by atoms with Gasteiger partial charge in [0, 0.05) is 6.54 Å². The summed E-state index contributed by atoms with van der Waals surface area (Å²) in [6.07, 6.45) is 0. The molecule has 116 valence electrons. The van der Waals surface area contributed by atoms with Crippen molar-refractivity contribution in [3.05, 3.63) is 46.5 Å². The quantitative estimate of drug-likeness (QED) is 0.933. The minimum Gasteiger partial charge on any atom is -0.480 e. The Morgan fingerprint density at radius 2 is 2.09 bits per heavy atom. The van der Waals surface area contributed by atoms with E-state index in [2.05, 4.69) is 42.2 Å². The highest BCUT2D eigenvalue weighted by Gasteiger charge is 2.33. The Morgan fingerprint density at radius 3 is 2.77 bits per heavy atom. The molecule has 3 rings (SSSR count). The first-order valence-corrected chi connectivity index (χ1v) is 7.37. The van der Waals surface area contributed by atoms with Gasteiger partial charge >= 0.3 is 5.97 Å². The summed E-state index contributed by atoms with van der Waals surface area (Å²) in [7, 11) is 0. The molecule has 22 heavy (non-hydrogen) atoms. The highest BCUT2D eigenvalue weighted by Crippen LogP contribution is 2.22. The van der Waals surface area contributed by atoms with Gasteiger partial charge in [-0.15, -0.1) is 10.2 Å². The number of aromatic nitrogens is 3. The van der Waals surface area contributed by atoms with E-state index in [1.165, 1.54) is 11.1 Å². The lowest BCUT2D eigenvalue weighted by Crippen LogP contribution is -2.47. The number of nitrogens with zero attached hydrogens (tertiary/aromatic N) is 4. The van der Waals surface area contributed by atoms with Gasteiger partial charge in [-0.05, 0) is 31.9 Å². The number of rotatable bonds is 3. The maximum atomic E-state index is 11.6. The summed E-state index contributed by atoms with van der Waals surface area (Å²) < 4.78 is 1.90. The topological polar surface area (TPSA) is 71.2 Å². The van der Waals surface area contributed by atoms with E-state index in [0.717, 1.165) is 17.2 Å². The zero-order chi connectivity index (χ0) is 15.9. The fourth-order valence-corrected chi connectivity index (χ4v) is 3.00. The van der Waals surface area contributed by atoms with E-state index in [9.17, 15) is 9.90 Å². The minimum absolute atomic E-state index is 0.397. The number of benzene rings is 1. The SMILES string of the molecule is Cc1ccc(CN2Cc3nnc(C)n3CC2C(=O)O)c(C)c1. The average molecular weight is 300 g/mol. The van der Waals surface area contributed by atoms with Crippen molar-refractivity contribution < 1.29 is 9.90 Å². The molecular formula is C16H20N4O2. The number of carboxylic acids is 1. The number of carbonyl (C=O) groups is 1. The van der Waals surface area contributed by atoms with Crippen LogP contribution in [0.25, 0.3) is 0 Å². The van der Waals surface area contributed by atoms with Gasteiger partial charge < -0.3 is 9.67 Å². The third-order valence-electron chi connectivity index (χ3n) is 4.31. The zero-order valence-electron chi connectivity index (χ0n) is 13.1. The second-order valence-corrected chi connectivity index (χ2v) is 5.96. The number of hydrogen-bond acceptors (Lipinski definition) is 4. The Morgan fingerprint density at radius 1 is 1.32 bits per heavy atom. The van der Waals surface area contributed by atoms with Crippen LogP contribution in [0.1, 0.15) is 28.3 Å². The van der Waals surface area contributed by atoms with E-state index in [1.807, 2.05) is 16.4 Å². The molecule has 0 saturated heterocycles. The van der Waals surface area contributed by atoms with Gasteiger partial charge in [-0.2, -0.15) is 0 Å². The van der Waals surface area contributed by atoms with Crippen molar-refractivity contribution in [1.82, 2.24) is 19.7 Å². The van der Waals surface area contributed by atoms with E-state index < -0.39 is 12.0 Å². The molecule has 1 aromatic heterocycles. The summed E-state index contributed by atoms with van der Waals surface area (Å²) in [6.45, 7) is 7.49. The zero-order valence-corrected chi connectivity index (χ0v) is 13.1. The number of fused-ring (bicyclic) bond motifs is 1. The molecule has 0 radical (unpaired) electrons. The van der Waals surface area contributed by atoms with E-state index in [0.29, 0.717) is 19.6 Å². The van der Waals surface area contributed by atoms with Crippen molar-refractivity contribution in [3.63, 3.8) is 0 Å². The van der Waals surface area contributed by atoms with Gasteiger partial charge in [0.1, 0.15) is 17.7 Å². The van der Waals surface area contributed by atoms with Crippen molar-refractivity contribution in [2.24, 2.45) is 0 Å². The normalized spacial score (nSPS) is 18.2. The van der Waals surface area contributed by atoms with Crippen molar-refractivity contribution in [2.75, 3.05) is 0 Å². The summed E-state index contributed by atoms with van der Waals surface area (Å²) in [5.41, 5.74) is 3.55. The predicted octanol–water partition coefficient (Wildman–Crippen LogP) is 1.67. The monoisotopic (exact) mass is 300 g/mol. The smallest absolute Gasteiger partial charge is 0.322 e. The molecule has 0 saturated carbocycles. The number of hydrogen-bond donors (Lipinski definition) is 1. The lowest BCUT2D eigenvalue weighted by Gasteiger charge is -2.33. The van der Waals surface area contributed by atoms with Crippen LogP contribution in [-0.4, -0.2) is 36.8 Å². The number of aliphatic carboxylic acids is 1.